The molecule has 4 nitrogen and oxygen atoms in total. The van der Waals surface area contributed by atoms with Gasteiger partial charge in [-0.05, 0) is 31.4 Å². The van der Waals surface area contributed by atoms with Crippen molar-refractivity contribution in [3.8, 4) is 0 Å². The zero-order valence-corrected chi connectivity index (χ0v) is 9.08. The number of rotatable bonds is 1. The number of hydrogen-bond donors (Lipinski definition) is 0. The molecule has 0 aromatic heterocycles. The Morgan fingerprint density at radius 3 is 2.64 bits per heavy atom. The molecule has 5 heteroatoms. The molecule has 14 heavy (non-hydrogen) atoms. The maximum absolute atomic E-state index is 11.3. The van der Waals surface area contributed by atoms with E-state index in [-0.39, 0.29) is 17.9 Å². The van der Waals surface area contributed by atoms with Gasteiger partial charge in [-0.15, -0.1) is 0 Å². The number of carbonyl (C=O) groups excluding carboxylic acids is 2. The zero-order chi connectivity index (χ0) is 10.7. The van der Waals surface area contributed by atoms with Crippen molar-refractivity contribution in [3.63, 3.8) is 0 Å². The van der Waals surface area contributed by atoms with Crippen molar-refractivity contribution in [2.75, 3.05) is 13.7 Å². The highest BCUT2D eigenvalue weighted by molar-refractivity contribution is 6.62. The summed E-state index contributed by atoms with van der Waals surface area (Å²) in [6.45, 7) is 2.44. The van der Waals surface area contributed by atoms with E-state index < -0.39 is 5.37 Å². The second-order valence-electron chi connectivity index (χ2n) is 3.46. The summed E-state index contributed by atoms with van der Waals surface area (Å²) in [5, 5.41) is -0.494. The van der Waals surface area contributed by atoms with Crippen LogP contribution in [0.25, 0.3) is 0 Å². The highest BCUT2D eigenvalue weighted by Gasteiger charge is 2.35. The molecule has 0 radical (unpaired) electrons. The van der Waals surface area contributed by atoms with Crippen LogP contribution in [0.4, 0.5) is 4.79 Å². The molecule has 0 bridgehead atoms. The summed E-state index contributed by atoms with van der Waals surface area (Å²) in [6, 6.07) is -0.166. The largest absolute Gasteiger partial charge is 0.469 e. The molecule has 80 valence electrons. The summed E-state index contributed by atoms with van der Waals surface area (Å²) in [5.41, 5.74) is 0. The quantitative estimate of drug-likeness (QED) is 0.383. The summed E-state index contributed by atoms with van der Waals surface area (Å²) >= 11 is 5.40. The smallest absolute Gasteiger partial charge is 0.316 e. The van der Waals surface area contributed by atoms with Gasteiger partial charge in [-0.3, -0.25) is 9.59 Å². The molecule has 1 fully saturated rings. The van der Waals surface area contributed by atoms with Crippen LogP contribution in [0.1, 0.15) is 19.8 Å². The predicted molar refractivity (Wildman–Crippen MR) is 52.2 cm³/mol. The third-order valence-corrected chi connectivity index (χ3v) is 2.93. The van der Waals surface area contributed by atoms with Gasteiger partial charge in [0.2, 0.25) is 0 Å². The van der Waals surface area contributed by atoms with Gasteiger partial charge in [0.15, 0.2) is 0 Å². The van der Waals surface area contributed by atoms with Crippen LogP contribution in [0.15, 0.2) is 0 Å². The minimum atomic E-state index is -0.494. The third-order valence-electron chi connectivity index (χ3n) is 2.72. The van der Waals surface area contributed by atoms with Gasteiger partial charge < -0.3 is 9.64 Å². The van der Waals surface area contributed by atoms with Gasteiger partial charge in [0, 0.05) is 12.6 Å². The van der Waals surface area contributed by atoms with Crippen LogP contribution in [0.3, 0.4) is 0 Å². The molecule has 1 aliphatic heterocycles. The van der Waals surface area contributed by atoms with Crippen molar-refractivity contribution >= 4 is 22.9 Å². The van der Waals surface area contributed by atoms with Gasteiger partial charge in [0.25, 0.3) is 0 Å². The van der Waals surface area contributed by atoms with E-state index in [2.05, 4.69) is 4.74 Å². The lowest BCUT2D eigenvalue weighted by atomic mass is 9.91. The predicted octanol–water partition coefficient (Wildman–Crippen LogP) is 1.62. The summed E-state index contributed by atoms with van der Waals surface area (Å²) in [7, 11) is 1.36. The second-order valence-corrected chi connectivity index (χ2v) is 3.78. The molecule has 0 aromatic carbocycles. The lowest BCUT2D eigenvalue weighted by Gasteiger charge is -2.36. The minimum Gasteiger partial charge on any atom is -0.469 e. The van der Waals surface area contributed by atoms with E-state index in [4.69, 9.17) is 11.6 Å². The summed E-state index contributed by atoms with van der Waals surface area (Å²) in [5.74, 6) is -0.503. The van der Waals surface area contributed by atoms with E-state index in [1.54, 1.807) is 0 Å². The molecule has 0 saturated carbocycles. The molecule has 1 heterocycles. The molecule has 1 rings (SSSR count). The van der Waals surface area contributed by atoms with Crippen LogP contribution in [-0.2, 0) is 9.53 Å². The second kappa shape index (κ2) is 4.64. The van der Waals surface area contributed by atoms with E-state index in [9.17, 15) is 9.59 Å². The maximum atomic E-state index is 11.3. The average molecular weight is 220 g/mol. The molecule has 1 aliphatic rings. The maximum Gasteiger partial charge on any atom is 0.316 e. The highest BCUT2D eigenvalue weighted by Crippen LogP contribution is 2.25. The first-order valence-corrected chi connectivity index (χ1v) is 4.99. The Bertz CT molecular complexity index is 244. The number of methoxy groups -OCH3 is 1. The fourth-order valence-corrected chi connectivity index (χ4v) is 2.10. The van der Waals surface area contributed by atoms with Gasteiger partial charge in [-0.1, -0.05) is 0 Å². The number of carbonyl (C=O) groups is 2. The van der Waals surface area contributed by atoms with Crippen molar-refractivity contribution in [2.24, 2.45) is 5.92 Å². The number of esters is 1. The van der Waals surface area contributed by atoms with Gasteiger partial charge in [-0.2, -0.15) is 0 Å². The number of likely N-dealkylation sites (tertiary alicyclic amines) is 1. The van der Waals surface area contributed by atoms with Gasteiger partial charge in [0.05, 0.1) is 13.0 Å². The van der Waals surface area contributed by atoms with Crippen molar-refractivity contribution in [3.05, 3.63) is 0 Å². The molecule has 0 aliphatic carbocycles. The van der Waals surface area contributed by atoms with Crippen LogP contribution >= 0.6 is 11.6 Å². The molecule has 2 atom stereocenters. The van der Waals surface area contributed by atoms with Crippen molar-refractivity contribution in [2.45, 2.75) is 25.8 Å². The number of piperidine rings is 1. The van der Waals surface area contributed by atoms with Crippen LogP contribution in [0.5, 0.6) is 0 Å². The lowest BCUT2D eigenvalue weighted by Crippen LogP contribution is -2.47. The fraction of sp³-hybridized carbons (Fsp3) is 0.778. The molecule has 1 amide bonds. The standard InChI is InChI=1S/C9H14ClNO3/c1-6-7(8(12)14-2)4-3-5-11(6)9(10)13/h6-7H,3-5H2,1-2H3. The van der Waals surface area contributed by atoms with Crippen LogP contribution in [0, 0.1) is 5.92 Å². The Hall–Kier alpha value is -0.770. The number of ether oxygens (including phenoxy) is 1. The normalized spacial score (nSPS) is 27.2. The number of halogens is 1. The van der Waals surface area contributed by atoms with Gasteiger partial charge in [0.1, 0.15) is 0 Å². The molecular weight excluding hydrogens is 206 g/mol. The lowest BCUT2D eigenvalue weighted by molar-refractivity contribution is -0.148. The Morgan fingerprint density at radius 2 is 2.14 bits per heavy atom. The van der Waals surface area contributed by atoms with E-state index in [0.29, 0.717) is 6.54 Å². The topological polar surface area (TPSA) is 46.6 Å². The zero-order valence-electron chi connectivity index (χ0n) is 8.33. The van der Waals surface area contributed by atoms with Crippen molar-refractivity contribution < 1.29 is 14.3 Å². The summed E-state index contributed by atoms with van der Waals surface area (Å²) in [4.78, 5) is 23.9. The van der Waals surface area contributed by atoms with Gasteiger partial charge >= 0.3 is 11.3 Å². The molecule has 1 saturated heterocycles. The van der Waals surface area contributed by atoms with Crippen LogP contribution < -0.4 is 0 Å². The molecule has 0 spiro atoms. The Balaban J connectivity index is 2.70. The van der Waals surface area contributed by atoms with Crippen molar-refractivity contribution in [1.29, 1.82) is 0 Å². The Kier molecular flexibility index (Phi) is 3.75. The Labute approximate surface area is 88.2 Å². The summed E-state index contributed by atoms with van der Waals surface area (Å²) in [6.07, 6.45) is 1.55. The van der Waals surface area contributed by atoms with Gasteiger partial charge in [-0.25, -0.2) is 0 Å². The molecule has 2 unspecified atom stereocenters. The fourth-order valence-electron chi connectivity index (χ4n) is 1.86. The summed E-state index contributed by atoms with van der Waals surface area (Å²) < 4.78 is 4.67. The first-order chi connectivity index (χ1) is 6.57. The van der Waals surface area contributed by atoms with Crippen LogP contribution in [0.2, 0.25) is 0 Å². The number of amides is 1. The van der Waals surface area contributed by atoms with E-state index in [1.807, 2.05) is 6.92 Å². The minimum absolute atomic E-state index is 0.166. The van der Waals surface area contributed by atoms with E-state index in [1.165, 1.54) is 12.0 Å². The number of hydrogen-bond acceptors (Lipinski definition) is 3. The highest BCUT2D eigenvalue weighted by atomic mass is 35.5. The Morgan fingerprint density at radius 1 is 1.50 bits per heavy atom. The van der Waals surface area contributed by atoms with Crippen molar-refractivity contribution in [1.82, 2.24) is 4.90 Å². The molecule has 0 N–H and O–H groups in total. The average Bonchev–Trinajstić information content (AvgIpc) is 2.16. The van der Waals surface area contributed by atoms with E-state index in [0.717, 1.165) is 12.8 Å². The third kappa shape index (κ3) is 2.18. The molecular formula is C9H14ClNO3. The SMILES string of the molecule is COC(=O)C1CCCN(C(=O)Cl)C1C. The molecule has 0 aromatic rings. The van der Waals surface area contributed by atoms with Crippen LogP contribution in [-0.4, -0.2) is 35.9 Å². The van der Waals surface area contributed by atoms with E-state index >= 15 is 0 Å². The number of nitrogens with zero attached hydrogens (tertiary/aromatic N) is 1. The first kappa shape index (κ1) is 11.3. The first-order valence-electron chi connectivity index (χ1n) is 4.62. The monoisotopic (exact) mass is 219 g/mol.